The van der Waals surface area contributed by atoms with Gasteiger partial charge in [0.2, 0.25) is 5.91 Å². The summed E-state index contributed by atoms with van der Waals surface area (Å²) >= 11 is 0. The number of hydrogen-bond acceptors (Lipinski definition) is 4. The summed E-state index contributed by atoms with van der Waals surface area (Å²) in [5.41, 5.74) is 2.14. The van der Waals surface area contributed by atoms with Crippen molar-refractivity contribution in [1.82, 2.24) is 0 Å². The molecule has 0 unspecified atom stereocenters. The summed E-state index contributed by atoms with van der Waals surface area (Å²) in [5, 5.41) is 2.91. The minimum absolute atomic E-state index is 0.0200. The molecular formula is C23H27N3O3. The van der Waals surface area contributed by atoms with Crippen molar-refractivity contribution in [3.8, 4) is 5.75 Å². The summed E-state index contributed by atoms with van der Waals surface area (Å²) in [4.78, 5) is 29.2. The van der Waals surface area contributed by atoms with Gasteiger partial charge in [-0.2, -0.15) is 0 Å². The number of ether oxygens (including phenoxy) is 1. The van der Waals surface area contributed by atoms with Gasteiger partial charge in [-0.15, -0.1) is 6.58 Å². The van der Waals surface area contributed by atoms with Crippen LogP contribution in [-0.2, 0) is 4.79 Å². The fraction of sp³-hybridized carbons (Fsp3) is 0.304. The zero-order valence-corrected chi connectivity index (χ0v) is 17.4. The van der Waals surface area contributed by atoms with Crippen LogP contribution in [0.25, 0.3) is 0 Å². The van der Waals surface area contributed by atoms with Crippen LogP contribution in [0.3, 0.4) is 0 Å². The van der Waals surface area contributed by atoms with Gasteiger partial charge in [0.05, 0.1) is 11.1 Å². The highest BCUT2D eigenvalue weighted by Gasteiger charge is 2.37. The van der Waals surface area contributed by atoms with Crippen LogP contribution >= 0.6 is 0 Å². The van der Waals surface area contributed by atoms with Gasteiger partial charge in [-0.3, -0.25) is 9.59 Å². The second-order valence-electron chi connectivity index (χ2n) is 7.96. The Balaban J connectivity index is 1.88. The molecule has 0 saturated carbocycles. The molecule has 0 aliphatic carbocycles. The van der Waals surface area contributed by atoms with E-state index >= 15 is 0 Å². The van der Waals surface area contributed by atoms with E-state index in [1.165, 1.54) is 0 Å². The number of fused-ring (bicyclic) bond motifs is 1. The molecule has 3 rings (SSSR count). The van der Waals surface area contributed by atoms with E-state index in [2.05, 4.69) is 11.9 Å². The largest absolute Gasteiger partial charge is 0.490 e. The smallest absolute Gasteiger partial charge is 0.255 e. The Labute approximate surface area is 171 Å². The minimum Gasteiger partial charge on any atom is -0.490 e. The third kappa shape index (κ3) is 4.26. The minimum atomic E-state index is -0.655. The quantitative estimate of drug-likeness (QED) is 0.782. The normalized spacial score (nSPS) is 15.0. The zero-order valence-electron chi connectivity index (χ0n) is 17.4. The highest BCUT2D eigenvalue weighted by Crippen LogP contribution is 2.38. The summed E-state index contributed by atoms with van der Waals surface area (Å²) in [6.07, 6.45) is 1.69. The highest BCUT2D eigenvalue weighted by molar-refractivity contribution is 6.05. The van der Waals surface area contributed by atoms with Crippen LogP contribution in [0.5, 0.6) is 5.75 Å². The second kappa shape index (κ2) is 7.99. The van der Waals surface area contributed by atoms with Crippen LogP contribution in [-0.4, -0.2) is 39.1 Å². The van der Waals surface area contributed by atoms with Gasteiger partial charge in [0.15, 0.2) is 0 Å². The monoisotopic (exact) mass is 393 g/mol. The van der Waals surface area contributed by atoms with E-state index in [4.69, 9.17) is 4.74 Å². The maximum atomic E-state index is 12.9. The Morgan fingerprint density at radius 3 is 2.72 bits per heavy atom. The van der Waals surface area contributed by atoms with E-state index in [-0.39, 0.29) is 18.4 Å². The molecule has 1 N–H and O–H groups in total. The van der Waals surface area contributed by atoms with Crippen molar-refractivity contribution < 1.29 is 14.3 Å². The van der Waals surface area contributed by atoms with Crippen LogP contribution in [0.4, 0.5) is 17.1 Å². The van der Waals surface area contributed by atoms with E-state index < -0.39 is 5.41 Å². The fourth-order valence-electron chi connectivity index (χ4n) is 3.16. The van der Waals surface area contributed by atoms with E-state index in [9.17, 15) is 9.59 Å². The number of anilines is 3. The second-order valence-corrected chi connectivity index (χ2v) is 7.96. The summed E-state index contributed by atoms with van der Waals surface area (Å²) in [6, 6.07) is 12.7. The first kappa shape index (κ1) is 20.5. The molecule has 0 bridgehead atoms. The first-order chi connectivity index (χ1) is 13.7. The van der Waals surface area contributed by atoms with Crippen LogP contribution in [0.1, 0.15) is 24.2 Å². The van der Waals surface area contributed by atoms with Gasteiger partial charge in [-0.25, -0.2) is 0 Å². The van der Waals surface area contributed by atoms with Gasteiger partial charge < -0.3 is 19.9 Å². The molecule has 1 aliphatic rings. The number of nitrogens with one attached hydrogen (secondary N) is 1. The van der Waals surface area contributed by atoms with Crippen molar-refractivity contribution in [3.63, 3.8) is 0 Å². The van der Waals surface area contributed by atoms with Gasteiger partial charge in [-0.05, 0) is 44.2 Å². The van der Waals surface area contributed by atoms with E-state index in [0.29, 0.717) is 29.2 Å². The maximum absolute atomic E-state index is 12.9. The standard InChI is InChI=1S/C23H27N3O3/c1-6-12-26-19-11-10-17(14-20(19)29-15-23(2,3)22(26)28)24-21(27)16-8-7-9-18(13-16)25(4)5/h6-11,13-14H,1,12,15H2,2-5H3,(H,24,27). The van der Waals surface area contributed by atoms with Gasteiger partial charge in [-0.1, -0.05) is 12.1 Å². The van der Waals surface area contributed by atoms with Crippen molar-refractivity contribution in [3.05, 3.63) is 60.7 Å². The van der Waals surface area contributed by atoms with Crippen molar-refractivity contribution in [2.24, 2.45) is 5.41 Å². The van der Waals surface area contributed by atoms with Crippen molar-refractivity contribution in [1.29, 1.82) is 0 Å². The number of carbonyl (C=O) groups excluding carboxylic acids is 2. The summed E-state index contributed by atoms with van der Waals surface area (Å²) in [6.45, 7) is 8.12. The van der Waals surface area contributed by atoms with Crippen LogP contribution in [0, 0.1) is 5.41 Å². The Morgan fingerprint density at radius 1 is 1.28 bits per heavy atom. The fourth-order valence-corrected chi connectivity index (χ4v) is 3.16. The third-order valence-electron chi connectivity index (χ3n) is 4.86. The molecule has 0 fully saturated rings. The molecular weight excluding hydrogens is 366 g/mol. The molecule has 0 atom stereocenters. The zero-order chi connectivity index (χ0) is 21.2. The molecule has 6 heteroatoms. The molecule has 2 aromatic carbocycles. The number of rotatable bonds is 5. The number of nitrogens with zero attached hydrogens (tertiary/aromatic N) is 2. The highest BCUT2D eigenvalue weighted by atomic mass is 16.5. The number of benzene rings is 2. The lowest BCUT2D eigenvalue weighted by Gasteiger charge is -2.27. The van der Waals surface area contributed by atoms with Crippen LogP contribution in [0.15, 0.2) is 55.1 Å². The molecule has 0 spiro atoms. The number of carbonyl (C=O) groups is 2. The summed E-state index contributed by atoms with van der Waals surface area (Å²) < 4.78 is 5.93. The molecule has 0 saturated heterocycles. The lowest BCUT2D eigenvalue weighted by atomic mass is 9.93. The molecule has 6 nitrogen and oxygen atoms in total. The SMILES string of the molecule is C=CCN1C(=O)C(C)(C)COc2cc(NC(=O)c3cccc(N(C)C)c3)ccc21. The average molecular weight is 393 g/mol. The predicted octanol–water partition coefficient (Wildman–Crippen LogP) is 3.94. The van der Waals surface area contributed by atoms with Gasteiger partial charge >= 0.3 is 0 Å². The topological polar surface area (TPSA) is 61.9 Å². The molecule has 2 amide bonds. The van der Waals surface area contributed by atoms with Crippen LogP contribution < -0.4 is 19.9 Å². The maximum Gasteiger partial charge on any atom is 0.255 e. The van der Waals surface area contributed by atoms with E-state index in [0.717, 1.165) is 5.69 Å². The van der Waals surface area contributed by atoms with Crippen molar-refractivity contribution in [2.75, 3.05) is 42.4 Å². The van der Waals surface area contributed by atoms with Crippen molar-refractivity contribution in [2.45, 2.75) is 13.8 Å². The summed E-state index contributed by atoms with van der Waals surface area (Å²) in [7, 11) is 3.86. The Bertz CT molecular complexity index is 950. The number of amides is 2. The molecule has 1 aliphatic heterocycles. The first-order valence-electron chi connectivity index (χ1n) is 9.51. The van der Waals surface area contributed by atoms with Gasteiger partial charge in [0, 0.05) is 43.6 Å². The Kier molecular flexibility index (Phi) is 5.64. The van der Waals surface area contributed by atoms with Crippen molar-refractivity contribution >= 4 is 28.9 Å². The molecule has 1 heterocycles. The number of hydrogen-bond donors (Lipinski definition) is 1. The average Bonchev–Trinajstić information content (AvgIpc) is 2.78. The molecule has 0 radical (unpaired) electrons. The third-order valence-corrected chi connectivity index (χ3v) is 4.86. The summed E-state index contributed by atoms with van der Waals surface area (Å²) in [5.74, 6) is 0.334. The Morgan fingerprint density at radius 2 is 2.03 bits per heavy atom. The lowest BCUT2D eigenvalue weighted by Crippen LogP contribution is -2.42. The van der Waals surface area contributed by atoms with E-state index in [1.54, 1.807) is 35.2 Å². The van der Waals surface area contributed by atoms with E-state index in [1.807, 2.05) is 51.0 Å². The first-order valence-corrected chi connectivity index (χ1v) is 9.51. The van der Waals surface area contributed by atoms with Crippen LogP contribution in [0.2, 0.25) is 0 Å². The van der Waals surface area contributed by atoms with Gasteiger partial charge in [0.1, 0.15) is 12.4 Å². The Hall–Kier alpha value is -3.28. The molecule has 2 aromatic rings. The predicted molar refractivity (Wildman–Crippen MR) is 117 cm³/mol. The molecule has 29 heavy (non-hydrogen) atoms. The molecule has 0 aromatic heterocycles. The lowest BCUT2D eigenvalue weighted by molar-refractivity contribution is -0.127. The van der Waals surface area contributed by atoms with Gasteiger partial charge in [0.25, 0.3) is 5.91 Å². The molecule has 152 valence electrons.